The lowest BCUT2D eigenvalue weighted by molar-refractivity contribution is -0.123. The van der Waals surface area contributed by atoms with E-state index in [-0.39, 0.29) is 24.9 Å². The van der Waals surface area contributed by atoms with Crippen molar-refractivity contribution in [2.24, 2.45) is 5.73 Å². The molecule has 6 nitrogen and oxygen atoms in total. The summed E-state index contributed by atoms with van der Waals surface area (Å²) < 4.78 is 0. The standard InChI is InChI=1S/C13H14N4O2S/c14-7-11(18)16-8-12(19)17-10-3-1-2-9(6-10)13-15-4-5-20-13/h1-6H,7-8,14H2,(H,16,18)(H,17,19). The van der Waals surface area contributed by atoms with Gasteiger partial charge < -0.3 is 16.4 Å². The van der Waals surface area contributed by atoms with E-state index >= 15 is 0 Å². The van der Waals surface area contributed by atoms with Gasteiger partial charge in [-0.05, 0) is 12.1 Å². The number of thiazole rings is 1. The van der Waals surface area contributed by atoms with Crippen LogP contribution in [-0.4, -0.2) is 29.9 Å². The van der Waals surface area contributed by atoms with E-state index in [4.69, 9.17) is 5.73 Å². The molecule has 1 aromatic carbocycles. The molecule has 0 atom stereocenters. The third-order valence-corrected chi connectivity index (χ3v) is 3.28. The number of aromatic nitrogens is 1. The zero-order valence-electron chi connectivity index (χ0n) is 10.6. The number of nitrogens with two attached hydrogens (primary N) is 1. The van der Waals surface area contributed by atoms with Gasteiger partial charge in [0, 0.05) is 22.8 Å². The Labute approximate surface area is 120 Å². The van der Waals surface area contributed by atoms with Crippen LogP contribution in [0.1, 0.15) is 0 Å². The molecule has 0 saturated carbocycles. The summed E-state index contributed by atoms with van der Waals surface area (Å²) in [5.74, 6) is -0.667. The summed E-state index contributed by atoms with van der Waals surface area (Å²) in [6.45, 7) is -0.232. The van der Waals surface area contributed by atoms with Gasteiger partial charge in [-0.3, -0.25) is 9.59 Å². The SMILES string of the molecule is NCC(=O)NCC(=O)Nc1cccc(-c2nccs2)c1. The topological polar surface area (TPSA) is 97.1 Å². The maximum absolute atomic E-state index is 11.7. The number of rotatable bonds is 5. The predicted molar refractivity (Wildman–Crippen MR) is 78.2 cm³/mol. The zero-order valence-corrected chi connectivity index (χ0v) is 11.4. The van der Waals surface area contributed by atoms with Crippen molar-refractivity contribution in [1.29, 1.82) is 0 Å². The first-order valence-corrected chi connectivity index (χ1v) is 6.83. The van der Waals surface area contributed by atoms with Gasteiger partial charge in [0.1, 0.15) is 5.01 Å². The van der Waals surface area contributed by atoms with Crippen LogP contribution in [0, 0.1) is 0 Å². The van der Waals surface area contributed by atoms with Crippen LogP contribution >= 0.6 is 11.3 Å². The number of nitrogens with zero attached hydrogens (tertiary/aromatic N) is 1. The summed E-state index contributed by atoms with van der Waals surface area (Å²) in [6, 6.07) is 7.37. The van der Waals surface area contributed by atoms with Crippen LogP contribution in [-0.2, 0) is 9.59 Å². The summed E-state index contributed by atoms with van der Waals surface area (Å²) in [5, 5.41) is 7.89. The predicted octanol–water partition coefficient (Wildman–Crippen LogP) is 0.824. The van der Waals surface area contributed by atoms with Gasteiger partial charge >= 0.3 is 0 Å². The molecule has 20 heavy (non-hydrogen) atoms. The fourth-order valence-corrected chi connectivity index (χ4v) is 2.19. The van der Waals surface area contributed by atoms with E-state index < -0.39 is 0 Å². The van der Waals surface area contributed by atoms with Crippen LogP contribution in [0.2, 0.25) is 0 Å². The van der Waals surface area contributed by atoms with E-state index in [1.54, 1.807) is 12.3 Å². The minimum atomic E-state index is -0.364. The van der Waals surface area contributed by atoms with Crippen LogP contribution in [0.25, 0.3) is 10.6 Å². The van der Waals surface area contributed by atoms with E-state index in [1.807, 2.05) is 23.6 Å². The molecule has 1 heterocycles. The zero-order chi connectivity index (χ0) is 14.4. The van der Waals surface area contributed by atoms with Crippen molar-refractivity contribution in [2.75, 3.05) is 18.4 Å². The number of carbonyl (C=O) groups is 2. The second-order valence-electron chi connectivity index (χ2n) is 3.95. The first-order chi connectivity index (χ1) is 9.69. The maximum Gasteiger partial charge on any atom is 0.243 e. The molecule has 1 aromatic heterocycles. The molecule has 0 aliphatic carbocycles. The Morgan fingerprint density at radius 2 is 2.15 bits per heavy atom. The van der Waals surface area contributed by atoms with E-state index in [0.29, 0.717) is 5.69 Å². The van der Waals surface area contributed by atoms with Gasteiger partial charge in [-0.2, -0.15) is 0 Å². The van der Waals surface area contributed by atoms with Crippen molar-refractivity contribution < 1.29 is 9.59 Å². The largest absolute Gasteiger partial charge is 0.346 e. The molecule has 0 spiro atoms. The van der Waals surface area contributed by atoms with Gasteiger partial charge in [-0.25, -0.2) is 4.98 Å². The monoisotopic (exact) mass is 290 g/mol. The molecule has 0 bridgehead atoms. The van der Waals surface area contributed by atoms with Gasteiger partial charge in [-0.15, -0.1) is 11.3 Å². The van der Waals surface area contributed by atoms with Gasteiger partial charge in [0.15, 0.2) is 0 Å². The lowest BCUT2D eigenvalue weighted by Crippen LogP contribution is -2.36. The molecule has 2 rings (SSSR count). The Kier molecular flexibility index (Phi) is 4.80. The third-order valence-electron chi connectivity index (χ3n) is 2.46. The second-order valence-corrected chi connectivity index (χ2v) is 4.84. The minimum absolute atomic E-state index is 0.0997. The van der Waals surface area contributed by atoms with Gasteiger partial charge in [0.2, 0.25) is 11.8 Å². The van der Waals surface area contributed by atoms with Crippen LogP contribution in [0.3, 0.4) is 0 Å². The highest BCUT2D eigenvalue weighted by molar-refractivity contribution is 7.13. The van der Waals surface area contributed by atoms with Crippen LogP contribution in [0.5, 0.6) is 0 Å². The van der Waals surface area contributed by atoms with E-state index in [2.05, 4.69) is 15.6 Å². The summed E-state index contributed by atoms with van der Waals surface area (Å²) >= 11 is 1.53. The Bertz CT molecular complexity index is 598. The smallest absolute Gasteiger partial charge is 0.243 e. The molecule has 0 aliphatic heterocycles. The molecule has 7 heteroatoms. The summed E-state index contributed by atoms with van der Waals surface area (Å²) in [7, 11) is 0. The minimum Gasteiger partial charge on any atom is -0.346 e. The molecule has 0 aliphatic rings. The lowest BCUT2D eigenvalue weighted by Gasteiger charge is -2.07. The quantitative estimate of drug-likeness (QED) is 0.759. The van der Waals surface area contributed by atoms with E-state index in [1.165, 1.54) is 11.3 Å². The van der Waals surface area contributed by atoms with Crippen molar-refractivity contribution in [3.8, 4) is 10.6 Å². The summed E-state index contributed by atoms with van der Waals surface area (Å²) in [6.07, 6.45) is 1.73. The van der Waals surface area contributed by atoms with Gasteiger partial charge in [0.25, 0.3) is 0 Å². The van der Waals surface area contributed by atoms with Crippen LogP contribution in [0.15, 0.2) is 35.8 Å². The fraction of sp³-hybridized carbons (Fsp3) is 0.154. The van der Waals surface area contributed by atoms with E-state index in [9.17, 15) is 9.59 Å². The highest BCUT2D eigenvalue weighted by Gasteiger charge is 2.06. The molecule has 0 unspecified atom stereocenters. The Morgan fingerprint density at radius 1 is 1.30 bits per heavy atom. The normalized spacial score (nSPS) is 10.1. The highest BCUT2D eigenvalue weighted by atomic mass is 32.1. The Hall–Kier alpha value is -2.25. The molecular formula is C13H14N4O2S. The highest BCUT2D eigenvalue weighted by Crippen LogP contribution is 2.24. The fourth-order valence-electron chi connectivity index (χ4n) is 1.55. The molecule has 104 valence electrons. The number of hydrogen-bond donors (Lipinski definition) is 3. The Morgan fingerprint density at radius 3 is 2.85 bits per heavy atom. The lowest BCUT2D eigenvalue weighted by atomic mass is 10.2. The van der Waals surface area contributed by atoms with E-state index in [0.717, 1.165) is 10.6 Å². The molecular weight excluding hydrogens is 276 g/mol. The van der Waals surface area contributed by atoms with Gasteiger partial charge in [0.05, 0.1) is 13.1 Å². The number of carbonyl (C=O) groups excluding carboxylic acids is 2. The van der Waals surface area contributed by atoms with Crippen LogP contribution < -0.4 is 16.4 Å². The van der Waals surface area contributed by atoms with Crippen molar-refractivity contribution in [3.05, 3.63) is 35.8 Å². The third kappa shape index (κ3) is 3.87. The number of nitrogens with one attached hydrogen (secondary N) is 2. The number of hydrogen-bond acceptors (Lipinski definition) is 5. The number of anilines is 1. The first-order valence-electron chi connectivity index (χ1n) is 5.95. The first kappa shape index (κ1) is 14.2. The number of amides is 2. The van der Waals surface area contributed by atoms with Crippen molar-refractivity contribution in [2.45, 2.75) is 0 Å². The average Bonchev–Trinajstić information content (AvgIpc) is 2.99. The number of benzene rings is 1. The average molecular weight is 290 g/mol. The van der Waals surface area contributed by atoms with Crippen molar-refractivity contribution in [3.63, 3.8) is 0 Å². The molecule has 4 N–H and O–H groups in total. The summed E-state index contributed by atoms with van der Waals surface area (Å²) in [5.41, 5.74) is 6.73. The van der Waals surface area contributed by atoms with Crippen molar-refractivity contribution in [1.82, 2.24) is 10.3 Å². The Balaban J connectivity index is 1.98. The maximum atomic E-state index is 11.7. The molecule has 0 fully saturated rings. The molecule has 2 aromatic rings. The second kappa shape index (κ2) is 6.78. The molecule has 2 amide bonds. The molecule has 0 saturated heterocycles. The van der Waals surface area contributed by atoms with Gasteiger partial charge in [-0.1, -0.05) is 12.1 Å². The van der Waals surface area contributed by atoms with Crippen molar-refractivity contribution >= 4 is 28.8 Å². The molecule has 0 radical (unpaired) electrons. The summed E-state index contributed by atoms with van der Waals surface area (Å²) in [4.78, 5) is 26.8. The van der Waals surface area contributed by atoms with Crippen LogP contribution in [0.4, 0.5) is 5.69 Å².